The maximum Gasteiger partial charge on any atom is 0.338 e. The maximum atomic E-state index is 12.5. The SMILES string of the molecule is CCCOc1cc(C(=O)OC[C@H](CC(C)C)N2CCCCC2)ccc1O. The second-order valence-electron chi connectivity index (χ2n) is 7.51. The molecule has 5 nitrogen and oxygen atoms in total. The van der Waals surface area contributed by atoms with Crippen molar-refractivity contribution in [3.63, 3.8) is 0 Å². The van der Waals surface area contributed by atoms with E-state index in [4.69, 9.17) is 9.47 Å². The topological polar surface area (TPSA) is 59.0 Å². The van der Waals surface area contributed by atoms with E-state index in [2.05, 4.69) is 18.7 Å². The van der Waals surface area contributed by atoms with Gasteiger partial charge >= 0.3 is 5.97 Å². The van der Waals surface area contributed by atoms with E-state index >= 15 is 0 Å². The Balaban J connectivity index is 1.98. The van der Waals surface area contributed by atoms with Crippen LogP contribution in [0.5, 0.6) is 11.5 Å². The van der Waals surface area contributed by atoms with Crippen molar-refractivity contribution in [1.29, 1.82) is 0 Å². The second-order valence-corrected chi connectivity index (χ2v) is 7.51. The van der Waals surface area contributed by atoms with Crippen LogP contribution < -0.4 is 4.74 Å². The molecule has 1 atom stereocenters. The highest BCUT2D eigenvalue weighted by Gasteiger charge is 2.23. The monoisotopic (exact) mass is 363 g/mol. The molecular weight excluding hydrogens is 330 g/mol. The number of carbonyl (C=O) groups excluding carboxylic acids is 1. The number of ether oxygens (including phenoxy) is 2. The zero-order chi connectivity index (χ0) is 18.9. The molecule has 0 unspecified atom stereocenters. The van der Waals surface area contributed by atoms with Crippen LogP contribution in [0.15, 0.2) is 18.2 Å². The molecule has 0 bridgehead atoms. The Morgan fingerprint density at radius 2 is 1.96 bits per heavy atom. The molecule has 2 rings (SSSR count). The molecule has 0 spiro atoms. The average molecular weight is 363 g/mol. The van der Waals surface area contributed by atoms with Gasteiger partial charge in [-0.25, -0.2) is 4.79 Å². The number of aromatic hydroxyl groups is 1. The van der Waals surface area contributed by atoms with Crippen LogP contribution in [0.1, 0.15) is 63.2 Å². The van der Waals surface area contributed by atoms with Crippen molar-refractivity contribution in [3.8, 4) is 11.5 Å². The number of benzene rings is 1. The number of esters is 1. The average Bonchev–Trinajstić information content (AvgIpc) is 2.64. The molecule has 1 N–H and O–H groups in total. The van der Waals surface area contributed by atoms with Gasteiger partial charge in [-0.05, 0) is 62.9 Å². The summed E-state index contributed by atoms with van der Waals surface area (Å²) in [6, 6.07) is 4.89. The molecule has 1 aromatic carbocycles. The summed E-state index contributed by atoms with van der Waals surface area (Å²) in [5, 5.41) is 9.85. The standard InChI is InChI=1S/C21H33NO4/c1-4-12-25-20-14-17(8-9-19(20)23)21(24)26-15-18(13-16(2)3)22-10-6-5-7-11-22/h8-9,14,16,18,23H,4-7,10-13,15H2,1-3H3/t18-/m0/s1. The smallest absolute Gasteiger partial charge is 0.338 e. The molecule has 1 aromatic rings. The van der Waals surface area contributed by atoms with E-state index in [9.17, 15) is 9.90 Å². The molecule has 0 amide bonds. The van der Waals surface area contributed by atoms with Crippen LogP contribution >= 0.6 is 0 Å². The first-order valence-corrected chi connectivity index (χ1v) is 9.88. The van der Waals surface area contributed by atoms with Crippen molar-refractivity contribution < 1.29 is 19.4 Å². The van der Waals surface area contributed by atoms with Crippen molar-refractivity contribution in [1.82, 2.24) is 4.90 Å². The zero-order valence-corrected chi connectivity index (χ0v) is 16.4. The summed E-state index contributed by atoms with van der Waals surface area (Å²) in [7, 11) is 0. The highest BCUT2D eigenvalue weighted by Crippen LogP contribution is 2.27. The Morgan fingerprint density at radius 3 is 2.62 bits per heavy atom. The fourth-order valence-corrected chi connectivity index (χ4v) is 3.37. The summed E-state index contributed by atoms with van der Waals surface area (Å²) < 4.78 is 11.1. The van der Waals surface area contributed by atoms with E-state index in [0.717, 1.165) is 25.9 Å². The third-order valence-corrected chi connectivity index (χ3v) is 4.71. The predicted molar refractivity (Wildman–Crippen MR) is 103 cm³/mol. The summed E-state index contributed by atoms with van der Waals surface area (Å²) in [6.07, 6.45) is 5.59. The minimum Gasteiger partial charge on any atom is -0.504 e. The van der Waals surface area contributed by atoms with Crippen molar-refractivity contribution in [2.24, 2.45) is 5.92 Å². The number of hydrogen-bond donors (Lipinski definition) is 1. The molecule has 0 aliphatic carbocycles. The highest BCUT2D eigenvalue weighted by atomic mass is 16.5. The minimum absolute atomic E-state index is 0.0426. The lowest BCUT2D eigenvalue weighted by atomic mass is 10.0. The molecule has 1 saturated heterocycles. The Bertz CT molecular complexity index is 567. The predicted octanol–water partition coefficient (Wildman–Crippen LogP) is 4.24. The van der Waals surface area contributed by atoms with Crippen LogP contribution in [0.2, 0.25) is 0 Å². The van der Waals surface area contributed by atoms with Gasteiger partial charge in [-0.3, -0.25) is 4.90 Å². The van der Waals surface area contributed by atoms with Gasteiger partial charge in [0, 0.05) is 6.04 Å². The molecule has 0 saturated carbocycles. The molecule has 5 heteroatoms. The number of hydrogen-bond acceptors (Lipinski definition) is 5. The van der Waals surface area contributed by atoms with Gasteiger partial charge in [-0.2, -0.15) is 0 Å². The first kappa shape index (κ1) is 20.6. The van der Waals surface area contributed by atoms with Crippen LogP contribution in [0.25, 0.3) is 0 Å². The lowest BCUT2D eigenvalue weighted by molar-refractivity contribution is 0.0283. The zero-order valence-electron chi connectivity index (χ0n) is 16.4. The van der Waals surface area contributed by atoms with Crippen LogP contribution in [0, 0.1) is 5.92 Å². The number of nitrogens with zero attached hydrogens (tertiary/aromatic N) is 1. The van der Waals surface area contributed by atoms with Crippen LogP contribution in [-0.2, 0) is 4.74 Å². The van der Waals surface area contributed by atoms with Crippen LogP contribution in [0.4, 0.5) is 0 Å². The summed E-state index contributed by atoms with van der Waals surface area (Å²) in [4.78, 5) is 14.9. The number of rotatable bonds is 9. The van der Waals surface area contributed by atoms with E-state index in [0.29, 0.717) is 30.4 Å². The van der Waals surface area contributed by atoms with Crippen LogP contribution in [0.3, 0.4) is 0 Å². The number of carbonyl (C=O) groups is 1. The molecule has 1 fully saturated rings. The van der Waals surface area contributed by atoms with E-state index in [1.54, 1.807) is 12.1 Å². The maximum absolute atomic E-state index is 12.5. The first-order chi connectivity index (χ1) is 12.5. The van der Waals surface area contributed by atoms with E-state index in [1.165, 1.54) is 25.3 Å². The van der Waals surface area contributed by atoms with Gasteiger partial charge in [0.15, 0.2) is 11.5 Å². The minimum atomic E-state index is -0.364. The molecule has 26 heavy (non-hydrogen) atoms. The summed E-state index contributed by atoms with van der Waals surface area (Å²) in [5.74, 6) is 0.567. The number of piperidine rings is 1. The number of phenols is 1. The van der Waals surface area contributed by atoms with Gasteiger partial charge in [0.2, 0.25) is 0 Å². The molecule has 0 radical (unpaired) electrons. The molecular formula is C21H33NO4. The van der Waals surface area contributed by atoms with Gasteiger partial charge < -0.3 is 14.6 Å². The lowest BCUT2D eigenvalue weighted by Gasteiger charge is -2.35. The van der Waals surface area contributed by atoms with Gasteiger partial charge in [-0.15, -0.1) is 0 Å². The quantitative estimate of drug-likeness (QED) is 0.665. The van der Waals surface area contributed by atoms with Gasteiger partial charge in [0.05, 0.1) is 12.2 Å². The largest absolute Gasteiger partial charge is 0.504 e. The Kier molecular flexibility index (Phi) is 8.23. The van der Waals surface area contributed by atoms with Gasteiger partial charge in [0.1, 0.15) is 6.61 Å². The fourth-order valence-electron chi connectivity index (χ4n) is 3.37. The summed E-state index contributed by atoms with van der Waals surface area (Å²) in [5.41, 5.74) is 0.413. The van der Waals surface area contributed by atoms with Gasteiger partial charge in [0.25, 0.3) is 0 Å². The molecule has 0 aromatic heterocycles. The summed E-state index contributed by atoms with van der Waals surface area (Å²) in [6.45, 7) is 9.48. The van der Waals surface area contributed by atoms with Gasteiger partial charge in [-0.1, -0.05) is 27.2 Å². The highest BCUT2D eigenvalue weighted by molar-refractivity contribution is 5.90. The lowest BCUT2D eigenvalue weighted by Crippen LogP contribution is -2.43. The Hall–Kier alpha value is -1.75. The molecule has 146 valence electrons. The molecule has 1 heterocycles. The molecule has 1 aliphatic rings. The van der Waals surface area contributed by atoms with E-state index in [-0.39, 0.29) is 17.8 Å². The van der Waals surface area contributed by atoms with Crippen molar-refractivity contribution >= 4 is 5.97 Å². The number of likely N-dealkylation sites (tertiary alicyclic amines) is 1. The fraction of sp³-hybridized carbons (Fsp3) is 0.667. The van der Waals surface area contributed by atoms with Crippen molar-refractivity contribution in [2.75, 3.05) is 26.3 Å². The normalized spacial score (nSPS) is 16.5. The van der Waals surface area contributed by atoms with E-state index in [1.807, 2.05) is 6.92 Å². The summed E-state index contributed by atoms with van der Waals surface area (Å²) >= 11 is 0. The van der Waals surface area contributed by atoms with Crippen molar-refractivity contribution in [2.45, 2.75) is 58.9 Å². The van der Waals surface area contributed by atoms with Crippen LogP contribution in [-0.4, -0.2) is 48.3 Å². The first-order valence-electron chi connectivity index (χ1n) is 9.88. The Morgan fingerprint density at radius 1 is 1.23 bits per heavy atom. The Labute approximate surface area is 157 Å². The molecule has 1 aliphatic heterocycles. The second kappa shape index (κ2) is 10.4. The third-order valence-electron chi connectivity index (χ3n) is 4.71. The number of phenolic OH excluding ortho intramolecular Hbond substituents is 1. The third kappa shape index (κ3) is 6.20. The van der Waals surface area contributed by atoms with Crippen molar-refractivity contribution in [3.05, 3.63) is 23.8 Å². The van der Waals surface area contributed by atoms with E-state index < -0.39 is 0 Å².